The largest absolute Gasteiger partial charge is 0.332 e. The molecule has 1 saturated heterocycles. The van der Waals surface area contributed by atoms with Crippen LogP contribution >= 0.6 is 0 Å². The number of hydrogen-bond acceptors (Lipinski definition) is 2. The van der Waals surface area contributed by atoms with Crippen molar-refractivity contribution < 1.29 is 9.59 Å². The van der Waals surface area contributed by atoms with Crippen molar-refractivity contribution in [3.05, 3.63) is 35.4 Å². The Morgan fingerprint density at radius 2 is 1.82 bits per heavy atom. The van der Waals surface area contributed by atoms with Gasteiger partial charge in [-0.2, -0.15) is 0 Å². The van der Waals surface area contributed by atoms with E-state index in [1.54, 1.807) is 9.80 Å². The Kier molecular flexibility index (Phi) is 5.22. The van der Waals surface area contributed by atoms with Gasteiger partial charge >= 0.3 is 0 Å². The van der Waals surface area contributed by atoms with E-state index in [4.69, 9.17) is 0 Å². The van der Waals surface area contributed by atoms with E-state index < -0.39 is 0 Å². The summed E-state index contributed by atoms with van der Waals surface area (Å²) in [5.74, 6) is 0.586. The molecule has 0 N–H and O–H groups in total. The molecule has 2 rings (SSSR count). The molecule has 1 heterocycles. The molecule has 2 amide bonds. The van der Waals surface area contributed by atoms with Gasteiger partial charge in [-0.1, -0.05) is 45.0 Å². The molecule has 0 unspecified atom stereocenters. The van der Waals surface area contributed by atoms with Gasteiger partial charge in [0.25, 0.3) is 0 Å². The normalized spacial score (nSPS) is 19.2. The minimum Gasteiger partial charge on any atom is -0.332 e. The molecule has 0 spiro atoms. The molecule has 4 nitrogen and oxygen atoms in total. The van der Waals surface area contributed by atoms with Crippen LogP contribution in [-0.2, 0) is 16.1 Å². The molecule has 1 aliphatic heterocycles. The van der Waals surface area contributed by atoms with Gasteiger partial charge in [-0.05, 0) is 30.4 Å². The maximum absolute atomic E-state index is 12.3. The predicted octanol–water partition coefficient (Wildman–Crippen LogP) is 2.78. The topological polar surface area (TPSA) is 40.6 Å². The summed E-state index contributed by atoms with van der Waals surface area (Å²) in [7, 11) is 0. The summed E-state index contributed by atoms with van der Waals surface area (Å²) in [6.45, 7) is 9.53. The quantitative estimate of drug-likeness (QED) is 0.839. The lowest BCUT2D eigenvalue weighted by Gasteiger charge is -2.38. The molecule has 0 radical (unpaired) electrons. The highest BCUT2D eigenvalue weighted by Crippen LogP contribution is 2.19. The van der Waals surface area contributed by atoms with Crippen molar-refractivity contribution in [2.45, 2.75) is 52.6 Å². The molecular weight excluding hydrogens is 276 g/mol. The average molecular weight is 302 g/mol. The van der Waals surface area contributed by atoms with Crippen LogP contribution in [0.1, 0.15) is 51.2 Å². The van der Waals surface area contributed by atoms with Crippen molar-refractivity contribution in [3.63, 3.8) is 0 Å². The fourth-order valence-electron chi connectivity index (χ4n) is 2.83. The number of amides is 2. The second-order valence-corrected chi connectivity index (χ2v) is 6.35. The number of piperazine rings is 1. The minimum absolute atomic E-state index is 0.0356. The third-order valence-electron chi connectivity index (χ3n) is 4.28. The summed E-state index contributed by atoms with van der Waals surface area (Å²) in [5, 5.41) is 0. The van der Waals surface area contributed by atoms with Crippen LogP contribution in [0.4, 0.5) is 0 Å². The van der Waals surface area contributed by atoms with Gasteiger partial charge in [-0.15, -0.1) is 0 Å². The zero-order valence-electron chi connectivity index (χ0n) is 14.0. The summed E-state index contributed by atoms with van der Waals surface area (Å²) in [6.07, 6.45) is 0.877. The highest BCUT2D eigenvalue weighted by molar-refractivity contribution is 5.94. The van der Waals surface area contributed by atoms with E-state index in [2.05, 4.69) is 38.1 Å². The number of hydrogen-bond donors (Lipinski definition) is 0. The standard InChI is InChI=1S/C18H26N2O2/c1-5-10-19-12-17(21)20(14(4)18(19)22)11-15-6-8-16(9-7-15)13(2)3/h6-9,13-14H,5,10-12H2,1-4H3/t14-/m0/s1. The third kappa shape index (κ3) is 3.49. The van der Waals surface area contributed by atoms with Gasteiger partial charge < -0.3 is 9.80 Å². The van der Waals surface area contributed by atoms with E-state index in [0.717, 1.165) is 12.0 Å². The van der Waals surface area contributed by atoms with Crippen molar-refractivity contribution >= 4 is 11.8 Å². The van der Waals surface area contributed by atoms with Gasteiger partial charge in [0.05, 0.1) is 6.54 Å². The predicted molar refractivity (Wildman–Crippen MR) is 87.4 cm³/mol. The van der Waals surface area contributed by atoms with Crippen LogP contribution < -0.4 is 0 Å². The fraction of sp³-hybridized carbons (Fsp3) is 0.556. The van der Waals surface area contributed by atoms with Crippen LogP contribution in [0.2, 0.25) is 0 Å². The van der Waals surface area contributed by atoms with E-state index >= 15 is 0 Å². The van der Waals surface area contributed by atoms with E-state index in [0.29, 0.717) is 19.0 Å². The van der Waals surface area contributed by atoms with E-state index in [-0.39, 0.29) is 24.4 Å². The van der Waals surface area contributed by atoms with E-state index in [1.165, 1.54) is 5.56 Å². The lowest BCUT2D eigenvalue weighted by atomic mass is 10.0. The van der Waals surface area contributed by atoms with Gasteiger partial charge in [-0.25, -0.2) is 0 Å². The molecule has 0 aliphatic carbocycles. The molecule has 1 fully saturated rings. The van der Waals surface area contributed by atoms with Crippen molar-refractivity contribution in [3.8, 4) is 0 Å². The smallest absolute Gasteiger partial charge is 0.245 e. The van der Waals surface area contributed by atoms with Gasteiger partial charge in [0.2, 0.25) is 11.8 Å². The van der Waals surface area contributed by atoms with Crippen LogP contribution in [0.3, 0.4) is 0 Å². The number of carbonyl (C=O) groups is 2. The summed E-state index contributed by atoms with van der Waals surface area (Å²) in [6, 6.07) is 7.93. The zero-order valence-corrected chi connectivity index (χ0v) is 14.0. The summed E-state index contributed by atoms with van der Waals surface area (Å²) < 4.78 is 0. The molecular formula is C18H26N2O2. The number of rotatable bonds is 5. The maximum atomic E-state index is 12.3. The van der Waals surface area contributed by atoms with E-state index in [9.17, 15) is 9.59 Å². The Balaban J connectivity index is 2.09. The molecule has 22 heavy (non-hydrogen) atoms. The van der Waals surface area contributed by atoms with Gasteiger partial charge in [0.1, 0.15) is 6.04 Å². The monoisotopic (exact) mass is 302 g/mol. The summed E-state index contributed by atoms with van der Waals surface area (Å²) in [5.41, 5.74) is 2.35. The van der Waals surface area contributed by atoms with Crippen LogP contribution in [0.25, 0.3) is 0 Å². The molecule has 120 valence electrons. The first kappa shape index (κ1) is 16.5. The minimum atomic E-state index is -0.377. The number of carbonyl (C=O) groups excluding carboxylic acids is 2. The fourth-order valence-corrected chi connectivity index (χ4v) is 2.83. The maximum Gasteiger partial charge on any atom is 0.245 e. The van der Waals surface area contributed by atoms with Crippen molar-refractivity contribution in [2.24, 2.45) is 0 Å². The van der Waals surface area contributed by atoms with Crippen molar-refractivity contribution in [1.29, 1.82) is 0 Å². The molecule has 1 aromatic carbocycles. The Bertz CT molecular complexity index is 537. The van der Waals surface area contributed by atoms with Gasteiger partial charge in [0, 0.05) is 13.1 Å². The molecule has 4 heteroatoms. The Morgan fingerprint density at radius 3 is 2.36 bits per heavy atom. The van der Waals surface area contributed by atoms with Crippen molar-refractivity contribution in [1.82, 2.24) is 9.80 Å². The Morgan fingerprint density at radius 1 is 1.18 bits per heavy atom. The SMILES string of the molecule is CCCN1CC(=O)N(Cc2ccc(C(C)C)cc2)[C@@H](C)C1=O. The molecule has 1 aliphatic rings. The van der Waals surface area contributed by atoms with Gasteiger partial charge in [-0.3, -0.25) is 9.59 Å². The molecule has 0 bridgehead atoms. The van der Waals surface area contributed by atoms with E-state index in [1.807, 2.05) is 13.8 Å². The van der Waals surface area contributed by atoms with Crippen LogP contribution in [0.5, 0.6) is 0 Å². The zero-order chi connectivity index (χ0) is 16.3. The van der Waals surface area contributed by atoms with Crippen LogP contribution in [0.15, 0.2) is 24.3 Å². The van der Waals surface area contributed by atoms with Crippen LogP contribution in [-0.4, -0.2) is 40.7 Å². The molecule has 0 aromatic heterocycles. The summed E-state index contributed by atoms with van der Waals surface area (Å²) in [4.78, 5) is 28.0. The summed E-state index contributed by atoms with van der Waals surface area (Å²) >= 11 is 0. The first-order valence-electron chi connectivity index (χ1n) is 8.11. The highest BCUT2D eigenvalue weighted by atomic mass is 16.2. The first-order valence-corrected chi connectivity index (χ1v) is 8.11. The third-order valence-corrected chi connectivity index (χ3v) is 4.28. The van der Waals surface area contributed by atoms with Gasteiger partial charge in [0.15, 0.2) is 0 Å². The Hall–Kier alpha value is -1.84. The molecule has 1 atom stereocenters. The Labute approximate surface area is 133 Å². The highest BCUT2D eigenvalue weighted by Gasteiger charge is 2.35. The molecule has 0 saturated carbocycles. The number of benzene rings is 1. The van der Waals surface area contributed by atoms with Crippen molar-refractivity contribution in [2.75, 3.05) is 13.1 Å². The lowest BCUT2D eigenvalue weighted by Crippen LogP contribution is -2.58. The lowest BCUT2D eigenvalue weighted by molar-refractivity contribution is -0.155. The molecule has 1 aromatic rings. The second kappa shape index (κ2) is 6.95. The first-order chi connectivity index (χ1) is 10.4. The second-order valence-electron chi connectivity index (χ2n) is 6.35. The van der Waals surface area contributed by atoms with Crippen LogP contribution in [0, 0.1) is 0 Å². The number of nitrogens with zero attached hydrogens (tertiary/aromatic N) is 2. The average Bonchev–Trinajstić information content (AvgIpc) is 2.49.